The number of hydrogen-bond donors (Lipinski definition) is 1. The molecule has 1 aromatic rings. The Morgan fingerprint density at radius 2 is 2.33 bits per heavy atom. The van der Waals surface area contributed by atoms with Gasteiger partial charge in [0, 0.05) is 17.9 Å². The summed E-state index contributed by atoms with van der Waals surface area (Å²) in [6.07, 6.45) is 4.85. The molecule has 0 radical (unpaired) electrons. The van der Waals surface area contributed by atoms with E-state index in [4.69, 9.17) is 12.2 Å². The molecule has 1 aliphatic rings. The summed E-state index contributed by atoms with van der Waals surface area (Å²) in [4.78, 5) is 3.15. The second kappa shape index (κ2) is 2.73. The molecule has 1 N–H and O–H groups in total. The van der Waals surface area contributed by atoms with Crippen molar-refractivity contribution in [1.29, 1.82) is 0 Å². The molecule has 2 rings (SSSR count). The minimum absolute atomic E-state index is 0.586. The number of aryl methyl sites for hydroxylation is 1. The van der Waals surface area contributed by atoms with Gasteiger partial charge in [0.2, 0.25) is 0 Å². The third kappa shape index (κ3) is 1.33. The summed E-state index contributed by atoms with van der Waals surface area (Å²) in [5.41, 5.74) is 1.16. The molecule has 0 spiro atoms. The van der Waals surface area contributed by atoms with E-state index in [1.54, 1.807) is 0 Å². The Morgan fingerprint density at radius 1 is 1.67 bits per heavy atom. The van der Waals surface area contributed by atoms with Gasteiger partial charge in [-0.15, -0.1) is 0 Å². The highest BCUT2D eigenvalue weighted by Crippen LogP contribution is 2.39. The van der Waals surface area contributed by atoms with Crippen LogP contribution in [0.1, 0.15) is 31.5 Å². The van der Waals surface area contributed by atoms with Gasteiger partial charge < -0.3 is 9.55 Å². The maximum Gasteiger partial charge on any atom is 0.177 e. The third-order valence-corrected chi connectivity index (χ3v) is 2.93. The fraction of sp³-hybridized carbons (Fsp3) is 0.667. The Kier molecular flexibility index (Phi) is 1.83. The minimum atomic E-state index is 0.586. The molecule has 1 atom stereocenters. The number of hydrogen-bond acceptors (Lipinski definition) is 1. The number of H-pyrrole nitrogens is 1. The van der Waals surface area contributed by atoms with E-state index in [-0.39, 0.29) is 0 Å². The van der Waals surface area contributed by atoms with Crippen LogP contribution in [0.2, 0.25) is 0 Å². The van der Waals surface area contributed by atoms with Crippen molar-refractivity contribution in [3.8, 4) is 0 Å². The molecule has 1 unspecified atom stereocenters. The number of aromatic amines is 1. The van der Waals surface area contributed by atoms with Crippen LogP contribution in [-0.2, 0) is 0 Å². The second-order valence-corrected chi connectivity index (χ2v) is 4.11. The maximum absolute atomic E-state index is 5.20. The number of rotatable bonds is 2. The van der Waals surface area contributed by atoms with Crippen LogP contribution >= 0.6 is 12.2 Å². The summed E-state index contributed by atoms with van der Waals surface area (Å²) in [5, 5.41) is 0. The first-order valence-electron chi connectivity index (χ1n) is 4.46. The van der Waals surface area contributed by atoms with Gasteiger partial charge in [-0.3, -0.25) is 0 Å². The molecule has 1 saturated carbocycles. The number of nitrogens with zero attached hydrogens (tertiary/aromatic N) is 1. The normalized spacial score (nSPS) is 19.5. The maximum atomic E-state index is 5.20. The topological polar surface area (TPSA) is 20.7 Å². The summed E-state index contributed by atoms with van der Waals surface area (Å²) >= 11 is 5.20. The molecule has 1 aromatic heterocycles. The largest absolute Gasteiger partial charge is 0.335 e. The lowest BCUT2D eigenvalue weighted by Crippen LogP contribution is -2.05. The van der Waals surface area contributed by atoms with Crippen LogP contribution in [0, 0.1) is 17.6 Å². The van der Waals surface area contributed by atoms with Gasteiger partial charge in [-0.25, -0.2) is 0 Å². The summed E-state index contributed by atoms with van der Waals surface area (Å²) in [7, 11) is 0. The zero-order valence-corrected chi connectivity index (χ0v) is 8.32. The number of aromatic nitrogens is 2. The van der Waals surface area contributed by atoms with Crippen LogP contribution in [0.3, 0.4) is 0 Å². The Bertz CT molecular complexity index is 333. The Morgan fingerprint density at radius 3 is 2.75 bits per heavy atom. The Balaban J connectivity index is 2.31. The minimum Gasteiger partial charge on any atom is -0.335 e. The molecule has 0 bridgehead atoms. The van der Waals surface area contributed by atoms with E-state index in [2.05, 4.69) is 22.7 Å². The van der Waals surface area contributed by atoms with Crippen molar-refractivity contribution in [1.82, 2.24) is 9.55 Å². The number of imidazole rings is 1. The van der Waals surface area contributed by atoms with Gasteiger partial charge in [-0.1, -0.05) is 0 Å². The molecule has 0 aliphatic heterocycles. The molecule has 1 fully saturated rings. The van der Waals surface area contributed by atoms with Gasteiger partial charge in [-0.2, -0.15) is 0 Å². The fourth-order valence-electron chi connectivity index (χ4n) is 1.64. The van der Waals surface area contributed by atoms with Gasteiger partial charge >= 0.3 is 0 Å². The molecule has 66 valence electrons. The molecule has 1 heterocycles. The smallest absolute Gasteiger partial charge is 0.177 e. The summed E-state index contributed by atoms with van der Waals surface area (Å²) in [6.45, 7) is 4.30. The molecule has 2 nitrogen and oxygen atoms in total. The summed E-state index contributed by atoms with van der Waals surface area (Å²) in [6, 6.07) is 0.586. The lowest BCUT2D eigenvalue weighted by molar-refractivity contribution is 0.480. The summed E-state index contributed by atoms with van der Waals surface area (Å²) < 4.78 is 3.05. The molecule has 0 aromatic carbocycles. The van der Waals surface area contributed by atoms with E-state index >= 15 is 0 Å². The van der Waals surface area contributed by atoms with Gasteiger partial charge in [-0.05, 0) is 44.8 Å². The number of nitrogens with one attached hydrogen (secondary N) is 1. The van der Waals surface area contributed by atoms with Gasteiger partial charge in [0.15, 0.2) is 4.77 Å². The highest BCUT2D eigenvalue weighted by atomic mass is 32.1. The zero-order valence-electron chi connectivity index (χ0n) is 7.50. The van der Waals surface area contributed by atoms with E-state index in [0.717, 1.165) is 16.4 Å². The van der Waals surface area contributed by atoms with Crippen LogP contribution in [0.15, 0.2) is 6.20 Å². The van der Waals surface area contributed by atoms with Crippen molar-refractivity contribution < 1.29 is 0 Å². The fourth-order valence-corrected chi connectivity index (χ4v) is 2.02. The molecular weight excluding hydrogens is 168 g/mol. The Hall–Kier alpha value is -0.570. The SMILES string of the molecule is Cc1cn(C(C)C2CC2)c(=S)[nH]1. The molecule has 3 heteroatoms. The standard InChI is InChI=1S/C9H14N2S/c1-6-5-11(9(12)10-6)7(2)8-3-4-8/h5,7-8H,3-4H2,1-2H3,(H,10,12). The van der Waals surface area contributed by atoms with Crippen LogP contribution in [-0.4, -0.2) is 9.55 Å². The molecule has 0 amide bonds. The predicted molar refractivity (Wildman–Crippen MR) is 51.8 cm³/mol. The average molecular weight is 182 g/mol. The van der Waals surface area contributed by atoms with E-state index in [0.29, 0.717) is 6.04 Å². The van der Waals surface area contributed by atoms with E-state index in [9.17, 15) is 0 Å². The molecule has 0 saturated heterocycles. The predicted octanol–water partition coefficient (Wildman–Crippen LogP) is 2.83. The van der Waals surface area contributed by atoms with Crippen molar-refractivity contribution in [2.45, 2.75) is 32.7 Å². The van der Waals surface area contributed by atoms with Gasteiger partial charge in [0.05, 0.1) is 0 Å². The first kappa shape index (κ1) is 8.05. The van der Waals surface area contributed by atoms with Crippen LogP contribution < -0.4 is 0 Å². The van der Waals surface area contributed by atoms with Crippen molar-refractivity contribution in [2.24, 2.45) is 5.92 Å². The van der Waals surface area contributed by atoms with E-state index in [1.807, 2.05) is 6.92 Å². The lowest BCUT2D eigenvalue weighted by Gasteiger charge is -2.10. The van der Waals surface area contributed by atoms with Crippen LogP contribution in [0.5, 0.6) is 0 Å². The lowest BCUT2D eigenvalue weighted by atomic mass is 10.2. The molecule has 1 aliphatic carbocycles. The van der Waals surface area contributed by atoms with Crippen molar-refractivity contribution in [3.05, 3.63) is 16.7 Å². The summed E-state index contributed by atoms with van der Waals surface area (Å²) in [5.74, 6) is 0.867. The van der Waals surface area contributed by atoms with Crippen molar-refractivity contribution in [2.75, 3.05) is 0 Å². The quantitative estimate of drug-likeness (QED) is 0.697. The average Bonchev–Trinajstić information content (AvgIpc) is 2.77. The van der Waals surface area contributed by atoms with Crippen molar-refractivity contribution >= 4 is 12.2 Å². The monoisotopic (exact) mass is 182 g/mol. The Labute approximate surface area is 77.6 Å². The highest BCUT2D eigenvalue weighted by Gasteiger charge is 2.29. The zero-order chi connectivity index (χ0) is 8.72. The van der Waals surface area contributed by atoms with E-state index in [1.165, 1.54) is 12.8 Å². The van der Waals surface area contributed by atoms with Crippen LogP contribution in [0.4, 0.5) is 0 Å². The van der Waals surface area contributed by atoms with Crippen molar-refractivity contribution in [3.63, 3.8) is 0 Å². The second-order valence-electron chi connectivity index (χ2n) is 3.73. The first-order valence-corrected chi connectivity index (χ1v) is 4.87. The first-order chi connectivity index (χ1) is 5.68. The van der Waals surface area contributed by atoms with E-state index < -0.39 is 0 Å². The highest BCUT2D eigenvalue weighted by molar-refractivity contribution is 7.71. The molecule has 12 heavy (non-hydrogen) atoms. The third-order valence-electron chi connectivity index (χ3n) is 2.61. The van der Waals surface area contributed by atoms with Gasteiger partial charge in [0.1, 0.15) is 0 Å². The molecular formula is C9H14N2S. The van der Waals surface area contributed by atoms with Gasteiger partial charge in [0.25, 0.3) is 0 Å². The van der Waals surface area contributed by atoms with Crippen LogP contribution in [0.25, 0.3) is 0 Å².